The van der Waals surface area contributed by atoms with E-state index in [0.29, 0.717) is 0 Å². The Bertz CT molecular complexity index is 104. The van der Waals surface area contributed by atoms with Gasteiger partial charge in [-0.15, -0.1) is 0 Å². The molecule has 1 unspecified atom stereocenters. The molecule has 0 N–H and O–H groups in total. The molecule has 1 nitrogen and oxygen atoms in total. The minimum atomic E-state index is 0.225. The monoisotopic (exact) mass is 169 g/mol. The molecule has 1 fully saturated rings. The molecule has 1 radical (unpaired) electrons. The SMILES string of the molecule is [CH2]C(OC)C1CCCCCCC1. The third kappa shape index (κ3) is 3.14. The summed E-state index contributed by atoms with van der Waals surface area (Å²) in [6.45, 7) is 4.03. The second kappa shape index (κ2) is 5.58. The van der Waals surface area contributed by atoms with Crippen molar-refractivity contribution in [2.45, 2.75) is 51.0 Å². The minimum Gasteiger partial charge on any atom is -0.381 e. The first-order valence-electron chi connectivity index (χ1n) is 5.20. The van der Waals surface area contributed by atoms with Crippen molar-refractivity contribution in [2.24, 2.45) is 5.92 Å². The second-order valence-corrected chi connectivity index (χ2v) is 3.88. The fraction of sp³-hybridized carbons (Fsp3) is 0.909. The van der Waals surface area contributed by atoms with Crippen LogP contribution in [0.3, 0.4) is 0 Å². The van der Waals surface area contributed by atoms with Gasteiger partial charge in [-0.2, -0.15) is 0 Å². The molecule has 0 aromatic rings. The van der Waals surface area contributed by atoms with E-state index < -0.39 is 0 Å². The summed E-state index contributed by atoms with van der Waals surface area (Å²) < 4.78 is 5.27. The van der Waals surface area contributed by atoms with Gasteiger partial charge < -0.3 is 4.74 Å². The fourth-order valence-corrected chi connectivity index (χ4v) is 2.05. The molecule has 0 aromatic carbocycles. The second-order valence-electron chi connectivity index (χ2n) is 3.88. The standard InChI is InChI=1S/C11H21O/c1-10(12-2)11-8-6-4-3-5-7-9-11/h10-11H,1,3-9H2,2H3. The average Bonchev–Trinajstić information content (AvgIpc) is 2.02. The average molecular weight is 169 g/mol. The van der Waals surface area contributed by atoms with E-state index in [9.17, 15) is 0 Å². The van der Waals surface area contributed by atoms with Crippen molar-refractivity contribution in [3.8, 4) is 0 Å². The Hall–Kier alpha value is -0.0400. The molecule has 12 heavy (non-hydrogen) atoms. The summed E-state index contributed by atoms with van der Waals surface area (Å²) in [6, 6.07) is 0. The first kappa shape index (κ1) is 10.0. The molecule has 0 spiro atoms. The number of hydrogen-bond donors (Lipinski definition) is 0. The van der Waals surface area contributed by atoms with Crippen LogP contribution in [0.25, 0.3) is 0 Å². The number of ether oxygens (including phenoxy) is 1. The van der Waals surface area contributed by atoms with E-state index in [4.69, 9.17) is 4.74 Å². The van der Waals surface area contributed by atoms with Gasteiger partial charge in [0.05, 0.1) is 6.10 Å². The molecule has 1 atom stereocenters. The quantitative estimate of drug-likeness (QED) is 0.617. The normalized spacial score (nSPS) is 24.5. The zero-order chi connectivity index (χ0) is 8.81. The third-order valence-corrected chi connectivity index (χ3v) is 2.98. The first-order chi connectivity index (χ1) is 5.84. The van der Waals surface area contributed by atoms with Gasteiger partial charge in [0, 0.05) is 7.11 Å². The molecule has 0 saturated heterocycles. The summed E-state index contributed by atoms with van der Waals surface area (Å²) in [4.78, 5) is 0. The smallest absolute Gasteiger partial charge is 0.0600 e. The number of rotatable bonds is 2. The molecule has 1 heteroatoms. The van der Waals surface area contributed by atoms with Gasteiger partial charge in [0.25, 0.3) is 0 Å². The van der Waals surface area contributed by atoms with Crippen LogP contribution in [0.1, 0.15) is 44.9 Å². The molecule has 0 aliphatic heterocycles. The summed E-state index contributed by atoms with van der Waals surface area (Å²) >= 11 is 0. The van der Waals surface area contributed by atoms with Crippen LogP contribution in [-0.2, 0) is 4.74 Å². The van der Waals surface area contributed by atoms with Crippen LogP contribution in [0.2, 0.25) is 0 Å². The topological polar surface area (TPSA) is 9.23 Å². The number of hydrogen-bond acceptors (Lipinski definition) is 1. The summed E-state index contributed by atoms with van der Waals surface area (Å²) in [6.07, 6.45) is 9.87. The minimum absolute atomic E-state index is 0.225. The molecule has 1 rings (SSSR count). The predicted molar refractivity (Wildman–Crippen MR) is 52.0 cm³/mol. The van der Waals surface area contributed by atoms with Crippen molar-refractivity contribution in [3.63, 3.8) is 0 Å². The van der Waals surface area contributed by atoms with Gasteiger partial charge in [-0.1, -0.05) is 32.1 Å². The van der Waals surface area contributed by atoms with Crippen LogP contribution in [0.15, 0.2) is 0 Å². The third-order valence-electron chi connectivity index (χ3n) is 2.98. The molecule has 0 aromatic heterocycles. The van der Waals surface area contributed by atoms with Crippen LogP contribution in [0.5, 0.6) is 0 Å². The highest BCUT2D eigenvalue weighted by atomic mass is 16.5. The van der Waals surface area contributed by atoms with E-state index >= 15 is 0 Å². The van der Waals surface area contributed by atoms with E-state index in [1.165, 1.54) is 44.9 Å². The molecule has 1 aliphatic carbocycles. The maximum atomic E-state index is 5.27. The van der Waals surface area contributed by atoms with Crippen molar-refractivity contribution < 1.29 is 4.74 Å². The zero-order valence-electron chi connectivity index (χ0n) is 8.22. The largest absolute Gasteiger partial charge is 0.381 e. The van der Waals surface area contributed by atoms with Crippen molar-refractivity contribution in [3.05, 3.63) is 6.92 Å². The maximum absolute atomic E-state index is 5.27. The lowest BCUT2D eigenvalue weighted by atomic mass is 9.88. The highest BCUT2D eigenvalue weighted by molar-refractivity contribution is 4.73. The lowest BCUT2D eigenvalue weighted by Crippen LogP contribution is -2.20. The van der Waals surface area contributed by atoms with Crippen LogP contribution < -0.4 is 0 Å². The molecule has 71 valence electrons. The zero-order valence-corrected chi connectivity index (χ0v) is 8.22. The van der Waals surface area contributed by atoms with E-state index in [1.54, 1.807) is 7.11 Å². The summed E-state index contributed by atoms with van der Waals surface area (Å²) in [5.74, 6) is 0.718. The molecule has 1 saturated carbocycles. The van der Waals surface area contributed by atoms with Crippen molar-refractivity contribution in [1.82, 2.24) is 0 Å². The molecular weight excluding hydrogens is 148 g/mol. The Kier molecular flexibility index (Phi) is 4.67. The summed E-state index contributed by atoms with van der Waals surface area (Å²) in [5, 5.41) is 0. The van der Waals surface area contributed by atoms with Gasteiger partial charge in [0.15, 0.2) is 0 Å². The van der Waals surface area contributed by atoms with Gasteiger partial charge in [-0.05, 0) is 25.7 Å². The van der Waals surface area contributed by atoms with Crippen molar-refractivity contribution in [2.75, 3.05) is 7.11 Å². The van der Waals surface area contributed by atoms with E-state index in [2.05, 4.69) is 6.92 Å². The Balaban J connectivity index is 2.29. The molecule has 0 bridgehead atoms. The van der Waals surface area contributed by atoms with Gasteiger partial charge in [-0.25, -0.2) is 0 Å². The summed E-state index contributed by atoms with van der Waals surface area (Å²) in [5.41, 5.74) is 0. The lowest BCUT2D eigenvalue weighted by Gasteiger charge is -2.24. The molecule has 0 amide bonds. The Labute approximate surface area is 76.5 Å². The van der Waals surface area contributed by atoms with Gasteiger partial charge in [-0.3, -0.25) is 0 Å². The van der Waals surface area contributed by atoms with E-state index in [1.807, 2.05) is 0 Å². The summed E-state index contributed by atoms with van der Waals surface area (Å²) in [7, 11) is 1.77. The maximum Gasteiger partial charge on any atom is 0.0600 e. The van der Waals surface area contributed by atoms with E-state index in [-0.39, 0.29) is 6.10 Å². The predicted octanol–water partition coefficient (Wildman–Crippen LogP) is 3.20. The Morgan fingerprint density at radius 3 is 2.08 bits per heavy atom. The Morgan fingerprint density at radius 2 is 1.58 bits per heavy atom. The Morgan fingerprint density at radius 1 is 1.08 bits per heavy atom. The highest BCUT2D eigenvalue weighted by Gasteiger charge is 2.17. The van der Waals surface area contributed by atoms with Gasteiger partial charge >= 0.3 is 0 Å². The fourth-order valence-electron chi connectivity index (χ4n) is 2.05. The molecule has 1 aliphatic rings. The lowest BCUT2D eigenvalue weighted by molar-refractivity contribution is 0.0748. The van der Waals surface area contributed by atoms with Gasteiger partial charge in [0.1, 0.15) is 0 Å². The van der Waals surface area contributed by atoms with Crippen LogP contribution in [0, 0.1) is 12.8 Å². The van der Waals surface area contributed by atoms with Crippen LogP contribution in [0.4, 0.5) is 0 Å². The van der Waals surface area contributed by atoms with Crippen molar-refractivity contribution in [1.29, 1.82) is 0 Å². The number of methoxy groups -OCH3 is 1. The van der Waals surface area contributed by atoms with Gasteiger partial charge in [0.2, 0.25) is 0 Å². The molecule has 0 heterocycles. The first-order valence-corrected chi connectivity index (χ1v) is 5.20. The van der Waals surface area contributed by atoms with Crippen LogP contribution >= 0.6 is 0 Å². The van der Waals surface area contributed by atoms with Crippen LogP contribution in [-0.4, -0.2) is 13.2 Å². The molecular formula is C11H21O. The highest BCUT2D eigenvalue weighted by Crippen LogP contribution is 2.25. The van der Waals surface area contributed by atoms with Crippen molar-refractivity contribution >= 4 is 0 Å². The van der Waals surface area contributed by atoms with E-state index in [0.717, 1.165) is 5.92 Å².